The van der Waals surface area contributed by atoms with E-state index >= 15 is 0 Å². The molecule has 17 heavy (non-hydrogen) atoms. The van der Waals surface area contributed by atoms with Crippen molar-refractivity contribution in [3.8, 4) is 0 Å². The average molecular weight is 238 g/mol. The second-order valence-electron chi connectivity index (χ2n) is 4.35. The van der Waals surface area contributed by atoms with Gasteiger partial charge in [0.1, 0.15) is 0 Å². The molecule has 0 bridgehead atoms. The smallest absolute Gasteiger partial charge is 0.241 e. The van der Waals surface area contributed by atoms with Gasteiger partial charge in [-0.15, -0.1) is 0 Å². The maximum absolute atomic E-state index is 12.0. The van der Waals surface area contributed by atoms with E-state index in [0.29, 0.717) is 6.42 Å². The predicted octanol–water partition coefficient (Wildman–Crippen LogP) is 0.0439. The number of aromatic nitrogens is 2. The summed E-state index contributed by atoms with van der Waals surface area (Å²) in [6.45, 7) is 2.59. The van der Waals surface area contributed by atoms with Crippen molar-refractivity contribution in [1.29, 1.82) is 0 Å². The molecule has 1 aliphatic rings. The fourth-order valence-electron chi connectivity index (χ4n) is 2.02. The Labute approximate surface area is 100 Å². The molecule has 0 spiro atoms. The first-order chi connectivity index (χ1) is 8.10. The van der Waals surface area contributed by atoms with E-state index in [0.717, 1.165) is 17.9 Å². The summed E-state index contributed by atoms with van der Waals surface area (Å²) in [6.07, 6.45) is 2.64. The first-order valence-corrected chi connectivity index (χ1v) is 5.67. The van der Waals surface area contributed by atoms with Crippen molar-refractivity contribution in [1.82, 2.24) is 15.1 Å². The van der Waals surface area contributed by atoms with Crippen LogP contribution in [0.15, 0.2) is 6.20 Å². The SMILES string of the molecule is COC1CNC(C(=O)Nc2cn(C)nc2C)C1. The molecular weight excluding hydrogens is 220 g/mol. The molecule has 2 N–H and O–H groups in total. The quantitative estimate of drug-likeness (QED) is 0.780. The summed E-state index contributed by atoms with van der Waals surface area (Å²) >= 11 is 0. The first-order valence-electron chi connectivity index (χ1n) is 5.67. The molecule has 2 heterocycles. The Kier molecular flexibility index (Phi) is 3.44. The van der Waals surface area contributed by atoms with Gasteiger partial charge in [0.2, 0.25) is 5.91 Å². The number of nitrogens with zero attached hydrogens (tertiary/aromatic N) is 2. The van der Waals surface area contributed by atoms with Gasteiger partial charge in [0.05, 0.1) is 23.5 Å². The lowest BCUT2D eigenvalue weighted by Crippen LogP contribution is -2.35. The van der Waals surface area contributed by atoms with E-state index < -0.39 is 0 Å². The summed E-state index contributed by atoms with van der Waals surface area (Å²) in [5.41, 5.74) is 1.59. The third kappa shape index (κ3) is 2.65. The van der Waals surface area contributed by atoms with Crippen molar-refractivity contribution < 1.29 is 9.53 Å². The van der Waals surface area contributed by atoms with Gasteiger partial charge >= 0.3 is 0 Å². The fourth-order valence-corrected chi connectivity index (χ4v) is 2.02. The van der Waals surface area contributed by atoms with Crippen LogP contribution in [0.1, 0.15) is 12.1 Å². The Balaban J connectivity index is 1.96. The summed E-state index contributed by atoms with van der Waals surface area (Å²) in [7, 11) is 3.50. The molecule has 6 heteroatoms. The molecule has 6 nitrogen and oxygen atoms in total. The van der Waals surface area contributed by atoms with E-state index in [1.54, 1.807) is 18.0 Å². The molecule has 0 saturated carbocycles. The first kappa shape index (κ1) is 12.1. The third-order valence-corrected chi connectivity index (χ3v) is 3.01. The number of rotatable bonds is 3. The van der Waals surface area contributed by atoms with Gasteiger partial charge < -0.3 is 15.4 Å². The van der Waals surface area contributed by atoms with Gasteiger partial charge in [-0.1, -0.05) is 0 Å². The Hall–Kier alpha value is -1.40. The maximum atomic E-state index is 12.0. The van der Waals surface area contributed by atoms with Crippen LogP contribution >= 0.6 is 0 Å². The number of carbonyl (C=O) groups excluding carboxylic acids is 1. The Morgan fingerprint density at radius 2 is 2.47 bits per heavy atom. The molecule has 0 radical (unpaired) electrons. The van der Waals surface area contributed by atoms with Crippen molar-refractivity contribution in [2.75, 3.05) is 19.0 Å². The molecule has 1 aromatic heterocycles. The molecule has 2 unspecified atom stereocenters. The molecular formula is C11H18N4O2. The minimum atomic E-state index is -0.181. The van der Waals surface area contributed by atoms with Crippen LogP contribution in [0.5, 0.6) is 0 Å². The number of nitrogens with one attached hydrogen (secondary N) is 2. The Morgan fingerprint density at radius 1 is 1.71 bits per heavy atom. The number of hydrogen-bond acceptors (Lipinski definition) is 4. The topological polar surface area (TPSA) is 68.2 Å². The lowest BCUT2D eigenvalue weighted by Gasteiger charge is -2.10. The highest BCUT2D eigenvalue weighted by atomic mass is 16.5. The number of amides is 1. The van der Waals surface area contributed by atoms with E-state index in [2.05, 4.69) is 15.7 Å². The lowest BCUT2D eigenvalue weighted by molar-refractivity contribution is -0.118. The lowest BCUT2D eigenvalue weighted by atomic mass is 10.2. The molecule has 2 rings (SSSR count). The van der Waals surface area contributed by atoms with Gasteiger partial charge in [0.25, 0.3) is 0 Å². The minimum Gasteiger partial charge on any atom is -0.380 e. The van der Waals surface area contributed by atoms with Crippen LogP contribution in [0.25, 0.3) is 0 Å². The van der Waals surface area contributed by atoms with E-state index in [-0.39, 0.29) is 18.1 Å². The van der Waals surface area contributed by atoms with E-state index in [1.807, 2.05) is 14.0 Å². The van der Waals surface area contributed by atoms with Crippen LogP contribution in [-0.4, -0.2) is 41.5 Å². The van der Waals surface area contributed by atoms with Crippen molar-refractivity contribution >= 4 is 11.6 Å². The van der Waals surface area contributed by atoms with Crippen molar-refractivity contribution in [2.24, 2.45) is 7.05 Å². The maximum Gasteiger partial charge on any atom is 0.241 e. The van der Waals surface area contributed by atoms with Gasteiger partial charge in [0, 0.05) is 26.9 Å². The summed E-state index contributed by atoms with van der Waals surface area (Å²) in [6, 6.07) is -0.181. The highest BCUT2D eigenvalue weighted by Crippen LogP contribution is 2.15. The molecule has 1 fully saturated rings. The molecule has 1 amide bonds. The summed E-state index contributed by atoms with van der Waals surface area (Å²) < 4.78 is 6.90. The normalized spacial score (nSPS) is 23.9. The summed E-state index contributed by atoms with van der Waals surface area (Å²) in [4.78, 5) is 12.0. The Morgan fingerprint density at radius 3 is 3.00 bits per heavy atom. The van der Waals surface area contributed by atoms with Crippen molar-refractivity contribution in [3.63, 3.8) is 0 Å². The van der Waals surface area contributed by atoms with Gasteiger partial charge in [-0.05, 0) is 13.3 Å². The highest BCUT2D eigenvalue weighted by Gasteiger charge is 2.29. The van der Waals surface area contributed by atoms with Crippen LogP contribution in [0.3, 0.4) is 0 Å². The number of methoxy groups -OCH3 is 1. The number of hydrogen-bond donors (Lipinski definition) is 2. The second-order valence-corrected chi connectivity index (χ2v) is 4.35. The molecule has 0 aliphatic carbocycles. The fraction of sp³-hybridized carbons (Fsp3) is 0.636. The highest BCUT2D eigenvalue weighted by molar-refractivity contribution is 5.95. The van der Waals surface area contributed by atoms with E-state index in [4.69, 9.17) is 4.74 Å². The van der Waals surface area contributed by atoms with Gasteiger partial charge in [-0.3, -0.25) is 9.48 Å². The molecule has 2 atom stereocenters. The van der Waals surface area contributed by atoms with Crippen molar-refractivity contribution in [2.45, 2.75) is 25.5 Å². The minimum absolute atomic E-state index is 0.0272. The Bertz CT molecular complexity index is 416. The van der Waals surface area contributed by atoms with Gasteiger partial charge in [-0.25, -0.2) is 0 Å². The molecule has 94 valence electrons. The van der Waals surface area contributed by atoms with Crippen LogP contribution in [-0.2, 0) is 16.6 Å². The number of ether oxygens (including phenoxy) is 1. The summed E-state index contributed by atoms with van der Waals surface area (Å²) in [5, 5.41) is 10.2. The third-order valence-electron chi connectivity index (χ3n) is 3.01. The predicted molar refractivity (Wildman–Crippen MR) is 63.8 cm³/mol. The van der Waals surface area contributed by atoms with E-state index in [1.165, 1.54) is 0 Å². The molecule has 1 saturated heterocycles. The van der Waals surface area contributed by atoms with E-state index in [9.17, 15) is 4.79 Å². The zero-order valence-electron chi connectivity index (χ0n) is 10.4. The van der Waals surface area contributed by atoms with Crippen LogP contribution < -0.4 is 10.6 Å². The monoisotopic (exact) mass is 238 g/mol. The zero-order valence-corrected chi connectivity index (χ0v) is 10.4. The molecule has 0 aromatic carbocycles. The van der Waals surface area contributed by atoms with Crippen molar-refractivity contribution in [3.05, 3.63) is 11.9 Å². The van der Waals surface area contributed by atoms with Crippen LogP contribution in [0, 0.1) is 6.92 Å². The van der Waals surface area contributed by atoms with Crippen LogP contribution in [0.4, 0.5) is 5.69 Å². The largest absolute Gasteiger partial charge is 0.380 e. The average Bonchev–Trinajstić information content (AvgIpc) is 2.86. The molecule has 1 aliphatic heterocycles. The summed E-state index contributed by atoms with van der Waals surface area (Å²) in [5.74, 6) is -0.0272. The number of aryl methyl sites for hydroxylation is 2. The standard InChI is InChI=1S/C11H18N4O2/c1-7-10(6-15(2)14-7)13-11(16)9-4-8(17-3)5-12-9/h6,8-9,12H,4-5H2,1-3H3,(H,13,16). The molecule has 1 aromatic rings. The number of carbonyl (C=O) groups is 1. The second kappa shape index (κ2) is 4.85. The number of anilines is 1. The van der Waals surface area contributed by atoms with Gasteiger partial charge in [-0.2, -0.15) is 5.10 Å². The zero-order chi connectivity index (χ0) is 12.4. The van der Waals surface area contributed by atoms with Gasteiger partial charge in [0.15, 0.2) is 0 Å². The van der Waals surface area contributed by atoms with Crippen LogP contribution in [0.2, 0.25) is 0 Å².